The summed E-state index contributed by atoms with van der Waals surface area (Å²) in [7, 11) is 0. The Morgan fingerprint density at radius 3 is 2.30 bits per heavy atom. The number of cyclic esters (lactones) is 1. The molecular formula is C51H48N6O6. The van der Waals surface area contributed by atoms with Crippen LogP contribution in [0.15, 0.2) is 133 Å². The van der Waals surface area contributed by atoms with Gasteiger partial charge in [-0.15, -0.1) is 0 Å². The molecule has 6 atom stereocenters. The Morgan fingerprint density at radius 1 is 0.825 bits per heavy atom. The quantitative estimate of drug-likeness (QED) is 0.135. The summed E-state index contributed by atoms with van der Waals surface area (Å²) in [4.78, 5) is 61.7. The number of carbonyl (C=O) groups is 3. The molecule has 4 aliphatic heterocycles. The van der Waals surface area contributed by atoms with Crippen molar-refractivity contribution in [3.8, 4) is 17.6 Å². The number of anilines is 2. The molecule has 0 bridgehead atoms. The summed E-state index contributed by atoms with van der Waals surface area (Å²) < 4.78 is 12.6. The average molecular weight is 841 g/mol. The van der Waals surface area contributed by atoms with Crippen molar-refractivity contribution in [2.45, 2.75) is 55.3 Å². The second-order valence-corrected chi connectivity index (χ2v) is 16.7. The highest BCUT2D eigenvalue weighted by Crippen LogP contribution is 2.65. The lowest BCUT2D eigenvalue weighted by Crippen LogP contribution is -2.58. The lowest BCUT2D eigenvalue weighted by Gasteiger charge is -2.46. The van der Waals surface area contributed by atoms with Gasteiger partial charge in [0.25, 0.3) is 0 Å². The van der Waals surface area contributed by atoms with Gasteiger partial charge in [-0.1, -0.05) is 90.7 Å². The highest BCUT2D eigenvalue weighted by Gasteiger charge is 2.74. The van der Waals surface area contributed by atoms with Crippen molar-refractivity contribution >= 4 is 29.4 Å². The van der Waals surface area contributed by atoms with E-state index in [2.05, 4.69) is 38.1 Å². The number of aromatic nitrogens is 2. The first kappa shape index (κ1) is 40.3. The fourth-order valence-corrected chi connectivity index (χ4v) is 10.5. The van der Waals surface area contributed by atoms with E-state index in [9.17, 15) is 5.11 Å². The summed E-state index contributed by atoms with van der Waals surface area (Å²) >= 11 is 0. The number of hydrogen-bond acceptors (Lipinski definition) is 10. The summed E-state index contributed by atoms with van der Waals surface area (Å²) in [5.74, 6) is 5.34. The molecule has 5 heterocycles. The number of rotatable bonds is 8. The molecule has 10 rings (SSSR count). The van der Waals surface area contributed by atoms with E-state index in [1.165, 1.54) is 0 Å². The Labute approximate surface area is 366 Å². The van der Waals surface area contributed by atoms with E-state index in [0.29, 0.717) is 60.3 Å². The Kier molecular flexibility index (Phi) is 11.0. The van der Waals surface area contributed by atoms with Crippen molar-refractivity contribution in [1.82, 2.24) is 19.8 Å². The molecule has 2 N–H and O–H groups in total. The standard InChI is InChI=1S/C51H48N6O6/c58-30-31-62-39-19-10-18-38(33-39)46-51(40-32-35(22-23-41(40)54-49(51)61)21-20-34-12-4-1-5-13-34)42(47(59)55-26-28-56(29-27-55)50-52-24-11-25-53-50)44-48(60)63-45(37-16-8-3-9-17-37)43(57(44)46)36-14-6-2-7-15-36/h2-3,6-12,14-19,22-25,32-33,42-46,58H,1,4-5,13,26-31H2,(H,54,61)/t42-,43-,44-,45+,46+,51-/m1/s1. The third-order valence-corrected chi connectivity index (χ3v) is 13.2. The fourth-order valence-electron chi connectivity index (χ4n) is 10.5. The van der Waals surface area contributed by atoms with Crippen LogP contribution in [-0.4, -0.2) is 88.1 Å². The van der Waals surface area contributed by atoms with Gasteiger partial charge in [0, 0.05) is 49.8 Å². The number of fused-ring (bicyclic) bond motifs is 3. The number of benzene rings is 4. The lowest BCUT2D eigenvalue weighted by atomic mass is 9.65. The van der Waals surface area contributed by atoms with Gasteiger partial charge in [0.2, 0.25) is 17.8 Å². The minimum atomic E-state index is -1.66. The highest BCUT2D eigenvalue weighted by atomic mass is 16.6. The van der Waals surface area contributed by atoms with Crippen molar-refractivity contribution in [2.75, 3.05) is 49.6 Å². The maximum absolute atomic E-state index is 15.9. The predicted octanol–water partition coefficient (Wildman–Crippen LogP) is 6.32. The zero-order valence-corrected chi connectivity index (χ0v) is 34.8. The van der Waals surface area contributed by atoms with E-state index in [4.69, 9.17) is 9.47 Å². The third kappa shape index (κ3) is 7.21. The van der Waals surface area contributed by atoms with Gasteiger partial charge in [0.05, 0.1) is 24.6 Å². The first-order chi connectivity index (χ1) is 30.9. The van der Waals surface area contributed by atoms with Crippen LogP contribution >= 0.6 is 0 Å². The molecule has 318 valence electrons. The van der Waals surface area contributed by atoms with Gasteiger partial charge in [-0.05, 0) is 89.9 Å². The van der Waals surface area contributed by atoms with E-state index < -0.39 is 41.5 Å². The molecule has 63 heavy (non-hydrogen) atoms. The molecular weight excluding hydrogens is 793 g/mol. The molecule has 1 aliphatic carbocycles. The van der Waals surface area contributed by atoms with Crippen LogP contribution in [0.3, 0.4) is 0 Å². The van der Waals surface area contributed by atoms with Gasteiger partial charge in [-0.3, -0.25) is 19.3 Å². The van der Waals surface area contributed by atoms with Crippen molar-refractivity contribution in [2.24, 2.45) is 5.92 Å². The Morgan fingerprint density at radius 2 is 1.57 bits per heavy atom. The molecule has 0 unspecified atom stereocenters. The molecule has 12 nitrogen and oxygen atoms in total. The van der Waals surface area contributed by atoms with Gasteiger partial charge in [0.15, 0.2) is 0 Å². The number of morpholine rings is 1. The van der Waals surface area contributed by atoms with Crippen LogP contribution in [0.4, 0.5) is 11.6 Å². The molecule has 12 heteroatoms. The van der Waals surface area contributed by atoms with Crippen LogP contribution in [0.5, 0.6) is 5.75 Å². The molecule has 2 amide bonds. The molecule has 3 fully saturated rings. The van der Waals surface area contributed by atoms with E-state index in [1.807, 2.05) is 102 Å². The molecule has 1 spiro atoms. The number of nitrogens with one attached hydrogen (secondary N) is 1. The van der Waals surface area contributed by atoms with Crippen molar-refractivity contribution in [3.63, 3.8) is 0 Å². The summed E-state index contributed by atoms with van der Waals surface area (Å²) in [6.07, 6.45) is 8.95. The average Bonchev–Trinajstić information content (AvgIpc) is 3.82. The van der Waals surface area contributed by atoms with E-state index in [-0.39, 0.29) is 25.0 Å². The van der Waals surface area contributed by atoms with Crippen LogP contribution in [0.25, 0.3) is 0 Å². The van der Waals surface area contributed by atoms with Crippen LogP contribution in [-0.2, 0) is 24.5 Å². The number of piperazine rings is 1. The van der Waals surface area contributed by atoms with E-state index in [0.717, 1.165) is 42.4 Å². The Bertz CT molecular complexity index is 2610. The molecule has 5 aromatic rings. The predicted molar refractivity (Wildman–Crippen MR) is 236 cm³/mol. The highest BCUT2D eigenvalue weighted by molar-refractivity contribution is 6.12. The summed E-state index contributed by atoms with van der Waals surface area (Å²) in [5, 5.41) is 13.0. The van der Waals surface area contributed by atoms with Gasteiger partial charge < -0.3 is 29.7 Å². The number of allylic oxidation sites excluding steroid dienone is 2. The molecule has 0 saturated carbocycles. The number of nitrogens with zero attached hydrogens (tertiary/aromatic N) is 5. The second-order valence-electron chi connectivity index (χ2n) is 16.7. The number of esters is 1. The summed E-state index contributed by atoms with van der Waals surface area (Å²) in [5.41, 5.74) is 3.61. The zero-order chi connectivity index (χ0) is 42.9. The van der Waals surface area contributed by atoms with Crippen LogP contribution in [0, 0.1) is 17.8 Å². The van der Waals surface area contributed by atoms with E-state index >= 15 is 14.4 Å². The number of aliphatic hydroxyl groups excluding tert-OH is 1. The lowest BCUT2D eigenvalue weighted by molar-refractivity contribution is -0.179. The van der Waals surface area contributed by atoms with Crippen molar-refractivity contribution in [1.29, 1.82) is 0 Å². The number of aliphatic hydroxyl groups is 1. The van der Waals surface area contributed by atoms with Crippen LogP contribution in [0.1, 0.15) is 71.7 Å². The molecule has 4 aromatic carbocycles. The smallest absolute Gasteiger partial charge is 0.324 e. The maximum Gasteiger partial charge on any atom is 0.324 e. The van der Waals surface area contributed by atoms with Gasteiger partial charge in [-0.2, -0.15) is 0 Å². The van der Waals surface area contributed by atoms with Crippen molar-refractivity contribution in [3.05, 3.63) is 161 Å². The fraction of sp³-hybridized carbons (Fsp3) is 0.314. The second kappa shape index (κ2) is 17.2. The molecule has 3 saturated heterocycles. The van der Waals surface area contributed by atoms with Crippen LogP contribution in [0.2, 0.25) is 0 Å². The SMILES string of the molecule is O=C1O[C@@H](c2ccccc2)[C@@H](c2ccccc2)N2[C@@H](c3cccc(OCCO)c3)[C@]3(C(=O)Nc4ccc(C#CC5=CCCCC5)cc43)[C@@H](C(=O)N3CCN(c4ncccn4)CC3)[C@H]12. The number of hydrogen-bond donors (Lipinski definition) is 2. The van der Waals surface area contributed by atoms with Gasteiger partial charge >= 0.3 is 5.97 Å². The number of carbonyl (C=O) groups excluding carboxylic acids is 3. The zero-order valence-electron chi connectivity index (χ0n) is 34.8. The molecule has 1 aromatic heterocycles. The Hall–Kier alpha value is -6.81. The largest absolute Gasteiger partial charge is 0.491 e. The van der Waals surface area contributed by atoms with Crippen molar-refractivity contribution < 1.29 is 29.0 Å². The van der Waals surface area contributed by atoms with Gasteiger partial charge in [-0.25, -0.2) is 9.97 Å². The third-order valence-electron chi connectivity index (χ3n) is 13.2. The normalized spacial score (nSPS) is 25.3. The minimum absolute atomic E-state index is 0.0591. The molecule has 5 aliphatic rings. The Balaban J connectivity index is 1.20. The molecule has 0 radical (unpaired) electrons. The monoisotopic (exact) mass is 840 g/mol. The summed E-state index contributed by atoms with van der Waals surface area (Å²) in [6.45, 7) is 1.44. The number of ether oxygens (including phenoxy) is 2. The number of amides is 2. The topological polar surface area (TPSA) is 137 Å². The maximum atomic E-state index is 15.9. The van der Waals surface area contributed by atoms with Crippen LogP contribution < -0.4 is 15.0 Å². The first-order valence-corrected chi connectivity index (χ1v) is 21.8. The minimum Gasteiger partial charge on any atom is -0.491 e. The van der Waals surface area contributed by atoms with Gasteiger partial charge in [0.1, 0.15) is 29.9 Å². The summed E-state index contributed by atoms with van der Waals surface area (Å²) in [6, 6.07) is 31.7. The van der Waals surface area contributed by atoms with E-state index in [1.54, 1.807) is 29.4 Å². The first-order valence-electron chi connectivity index (χ1n) is 21.8.